The number of aromatic nitrogens is 2. The number of hydrogen-bond donors (Lipinski definition) is 1. The third kappa shape index (κ3) is 1.58. The van der Waals surface area contributed by atoms with Crippen LogP contribution in [0.25, 0.3) is 15.2 Å². The minimum absolute atomic E-state index is 0.0178. The molecule has 86 valence electrons. The highest BCUT2D eigenvalue weighted by molar-refractivity contribution is 7.23. The Labute approximate surface area is 109 Å². The van der Waals surface area contributed by atoms with Gasteiger partial charge >= 0.3 is 5.97 Å². The van der Waals surface area contributed by atoms with E-state index in [1.807, 2.05) is 0 Å². The van der Waals surface area contributed by atoms with Gasteiger partial charge in [-0.3, -0.25) is 4.40 Å². The first-order valence-electron chi connectivity index (χ1n) is 4.56. The molecule has 2 aromatic heterocycles. The molecule has 0 bridgehead atoms. The molecule has 0 fully saturated rings. The predicted octanol–water partition coefficient (Wildman–Crippen LogP) is 3.55. The molecule has 0 aliphatic heterocycles. The molecule has 1 aromatic carbocycles. The van der Waals surface area contributed by atoms with Crippen molar-refractivity contribution in [2.75, 3.05) is 0 Å². The van der Waals surface area contributed by atoms with Crippen LogP contribution in [0, 0.1) is 0 Å². The smallest absolute Gasteiger partial charge is 0.356 e. The van der Waals surface area contributed by atoms with E-state index in [-0.39, 0.29) is 5.69 Å². The first-order chi connectivity index (χ1) is 8.06. The maximum atomic E-state index is 10.8. The second-order valence-electron chi connectivity index (χ2n) is 3.42. The third-order valence-corrected chi connectivity index (χ3v) is 4.09. The lowest BCUT2D eigenvalue weighted by atomic mass is 10.3. The van der Waals surface area contributed by atoms with Gasteiger partial charge in [0.25, 0.3) is 0 Å². The molecule has 0 atom stereocenters. The molecule has 0 spiro atoms. The SMILES string of the molecule is O=C(O)c1cn2c(n1)sc1cc(Cl)c(Cl)cc12. The number of aromatic carboxylic acids is 1. The quantitative estimate of drug-likeness (QED) is 0.744. The van der Waals surface area contributed by atoms with Crippen molar-refractivity contribution in [2.24, 2.45) is 0 Å². The van der Waals surface area contributed by atoms with Gasteiger partial charge in [-0.15, -0.1) is 0 Å². The Kier molecular flexibility index (Phi) is 2.29. The standard InChI is InChI=1S/C10H4Cl2N2O2S/c11-4-1-7-8(2-5(4)12)17-10-13-6(9(15)16)3-14(7)10/h1-3H,(H,15,16). The number of rotatable bonds is 1. The van der Waals surface area contributed by atoms with Crippen LogP contribution in [-0.4, -0.2) is 20.5 Å². The van der Waals surface area contributed by atoms with Crippen LogP contribution in [0.15, 0.2) is 18.3 Å². The van der Waals surface area contributed by atoms with Crippen LogP contribution in [0.3, 0.4) is 0 Å². The normalized spacial score (nSPS) is 11.4. The summed E-state index contributed by atoms with van der Waals surface area (Å²) in [6.07, 6.45) is 1.47. The molecule has 0 unspecified atom stereocenters. The minimum Gasteiger partial charge on any atom is -0.476 e. The van der Waals surface area contributed by atoms with E-state index in [1.165, 1.54) is 17.5 Å². The fourth-order valence-electron chi connectivity index (χ4n) is 1.60. The molecule has 4 nitrogen and oxygen atoms in total. The zero-order valence-corrected chi connectivity index (χ0v) is 10.5. The average molecular weight is 287 g/mol. The molecule has 0 aliphatic rings. The lowest BCUT2D eigenvalue weighted by molar-refractivity contribution is 0.0691. The van der Waals surface area contributed by atoms with Crippen LogP contribution in [-0.2, 0) is 0 Å². The summed E-state index contributed by atoms with van der Waals surface area (Å²) < 4.78 is 2.62. The van der Waals surface area contributed by atoms with Crippen molar-refractivity contribution in [3.63, 3.8) is 0 Å². The zero-order valence-electron chi connectivity index (χ0n) is 8.15. The van der Waals surface area contributed by atoms with Crippen LogP contribution < -0.4 is 0 Å². The molecule has 0 saturated heterocycles. The number of thiazole rings is 1. The van der Waals surface area contributed by atoms with E-state index in [4.69, 9.17) is 28.3 Å². The lowest BCUT2D eigenvalue weighted by Gasteiger charge is -1.95. The summed E-state index contributed by atoms with van der Waals surface area (Å²) in [4.78, 5) is 15.4. The molecular weight excluding hydrogens is 283 g/mol. The van der Waals surface area contributed by atoms with Gasteiger partial charge in [0, 0.05) is 6.20 Å². The van der Waals surface area contributed by atoms with E-state index < -0.39 is 5.97 Å². The molecule has 0 radical (unpaired) electrons. The molecule has 7 heteroatoms. The number of fused-ring (bicyclic) bond motifs is 3. The summed E-state index contributed by atoms with van der Waals surface area (Å²) in [5.41, 5.74) is 0.823. The molecule has 2 heterocycles. The highest BCUT2D eigenvalue weighted by Crippen LogP contribution is 2.33. The van der Waals surface area contributed by atoms with Crippen LogP contribution in [0.1, 0.15) is 10.5 Å². The minimum atomic E-state index is -1.05. The van der Waals surface area contributed by atoms with Gasteiger partial charge < -0.3 is 5.11 Å². The number of hydrogen-bond acceptors (Lipinski definition) is 3. The van der Waals surface area contributed by atoms with Gasteiger partial charge in [-0.05, 0) is 12.1 Å². The monoisotopic (exact) mass is 286 g/mol. The summed E-state index contributed by atoms with van der Waals surface area (Å²) in [6, 6.07) is 3.45. The summed E-state index contributed by atoms with van der Waals surface area (Å²) >= 11 is 13.2. The molecule has 3 aromatic rings. The number of carboxylic acid groups (broad SMARTS) is 1. The Balaban J connectivity index is 2.40. The predicted molar refractivity (Wildman–Crippen MR) is 67.6 cm³/mol. The lowest BCUT2D eigenvalue weighted by Crippen LogP contribution is -1.95. The molecule has 17 heavy (non-hydrogen) atoms. The van der Waals surface area contributed by atoms with Crippen molar-refractivity contribution in [2.45, 2.75) is 0 Å². The summed E-state index contributed by atoms with van der Waals surface area (Å²) in [5.74, 6) is -1.05. The fourth-order valence-corrected chi connectivity index (χ4v) is 3.01. The van der Waals surface area contributed by atoms with Crippen molar-refractivity contribution >= 4 is 55.7 Å². The van der Waals surface area contributed by atoms with Crippen molar-refractivity contribution in [3.05, 3.63) is 34.1 Å². The van der Waals surface area contributed by atoms with Gasteiger partial charge in [-0.1, -0.05) is 34.5 Å². The summed E-state index contributed by atoms with van der Waals surface area (Å²) in [6.45, 7) is 0. The number of imidazole rings is 1. The van der Waals surface area contributed by atoms with Crippen molar-refractivity contribution in [1.82, 2.24) is 9.38 Å². The van der Waals surface area contributed by atoms with Gasteiger partial charge in [-0.25, -0.2) is 9.78 Å². The van der Waals surface area contributed by atoms with E-state index in [2.05, 4.69) is 4.98 Å². The van der Waals surface area contributed by atoms with Crippen molar-refractivity contribution in [1.29, 1.82) is 0 Å². The first-order valence-corrected chi connectivity index (χ1v) is 6.13. The molecule has 1 N–H and O–H groups in total. The largest absolute Gasteiger partial charge is 0.476 e. The molecule has 0 saturated carbocycles. The number of carboxylic acids is 1. The maximum Gasteiger partial charge on any atom is 0.356 e. The third-order valence-electron chi connectivity index (χ3n) is 2.36. The molecule has 0 aliphatic carbocycles. The number of nitrogens with zero attached hydrogens (tertiary/aromatic N) is 2. The Morgan fingerprint density at radius 2 is 2.06 bits per heavy atom. The first kappa shape index (κ1) is 10.8. The van der Waals surface area contributed by atoms with Gasteiger partial charge in [0.15, 0.2) is 10.7 Å². The van der Waals surface area contributed by atoms with Crippen LogP contribution in [0.2, 0.25) is 10.0 Å². The van der Waals surface area contributed by atoms with Crippen molar-refractivity contribution < 1.29 is 9.90 Å². The Morgan fingerprint density at radius 1 is 1.35 bits per heavy atom. The highest BCUT2D eigenvalue weighted by atomic mass is 35.5. The highest BCUT2D eigenvalue weighted by Gasteiger charge is 2.14. The van der Waals surface area contributed by atoms with E-state index >= 15 is 0 Å². The van der Waals surface area contributed by atoms with E-state index in [0.29, 0.717) is 15.0 Å². The maximum absolute atomic E-state index is 10.8. The molecule has 0 amide bonds. The Hall–Kier alpha value is -1.30. The molecular formula is C10H4Cl2N2O2S. The van der Waals surface area contributed by atoms with Gasteiger partial charge in [0.1, 0.15) is 0 Å². The zero-order chi connectivity index (χ0) is 12.2. The second kappa shape index (κ2) is 3.60. The van der Waals surface area contributed by atoms with Gasteiger partial charge in [0.05, 0.1) is 20.3 Å². The average Bonchev–Trinajstić information content (AvgIpc) is 2.78. The van der Waals surface area contributed by atoms with E-state index in [0.717, 1.165) is 10.2 Å². The van der Waals surface area contributed by atoms with Crippen LogP contribution >= 0.6 is 34.5 Å². The summed E-state index contributed by atoms with van der Waals surface area (Å²) in [7, 11) is 0. The second-order valence-corrected chi connectivity index (χ2v) is 5.24. The molecule has 3 rings (SSSR count). The van der Waals surface area contributed by atoms with Gasteiger partial charge in [-0.2, -0.15) is 0 Å². The summed E-state index contributed by atoms with van der Waals surface area (Å²) in [5, 5.41) is 9.77. The van der Waals surface area contributed by atoms with Crippen LogP contribution in [0.5, 0.6) is 0 Å². The fraction of sp³-hybridized carbons (Fsp3) is 0. The number of halogens is 2. The van der Waals surface area contributed by atoms with E-state index in [9.17, 15) is 4.79 Å². The van der Waals surface area contributed by atoms with Gasteiger partial charge in [0.2, 0.25) is 0 Å². The van der Waals surface area contributed by atoms with E-state index in [1.54, 1.807) is 16.5 Å². The topological polar surface area (TPSA) is 54.6 Å². The van der Waals surface area contributed by atoms with Crippen LogP contribution in [0.4, 0.5) is 0 Å². The Bertz CT molecular complexity index is 762. The number of benzene rings is 1. The number of carbonyl (C=O) groups is 1. The Morgan fingerprint density at radius 3 is 2.76 bits per heavy atom. The van der Waals surface area contributed by atoms with Crippen molar-refractivity contribution in [3.8, 4) is 0 Å².